The fraction of sp³-hybridized carbons (Fsp3) is 0.0204. The van der Waals surface area contributed by atoms with Gasteiger partial charge in [0.25, 0.3) is 0 Å². The Kier molecular flexibility index (Phi) is 7.18. The number of aromatic hydroxyl groups is 1. The molecular weight excluding hydrogens is 723 g/mol. The van der Waals surface area contributed by atoms with Gasteiger partial charge in [-0.1, -0.05) is 72.8 Å². The molecule has 12 rings (SSSR count). The van der Waals surface area contributed by atoms with Crippen LogP contribution in [0.3, 0.4) is 0 Å². The second-order valence-corrected chi connectivity index (χ2v) is 13.9. The fourth-order valence-corrected chi connectivity index (χ4v) is 8.17. The predicted molar refractivity (Wildman–Crippen MR) is 221 cm³/mol. The molecule has 0 atom stereocenters. The molecule has 0 saturated carbocycles. The van der Waals surface area contributed by atoms with Crippen molar-refractivity contribution in [2.75, 3.05) is 7.11 Å². The Morgan fingerprint density at radius 3 is 1.40 bits per heavy atom. The molecule has 12 aromatic rings. The van der Waals surface area contributed by atoms with Crippen LogP contribution < -0.4 is 4.74 Å². The Balaban J connectivity index is 0.000000131. The highest BCUT2D eigenvalue weighted by molar-refractivity contribution is 6.17. The van der Waals surface area contributed by atoms with Crippen LogP contribution in [-0.2, 0) is 0 Å². The summed E-state index contributed by atoms with van der Waals surface area (Å²) in [5, 5.41) is 17.8. The summed E-state index contributed by atoms with van der Waals surface area (Å²) in [5.74, 6) is 0.187. The number of benzene rings is 8. The van der Waals surface area contributed by atoms with Crippen molar-refractivity contribution in [3.8, 4) is 33.8 Å². The van der Waals surface area contributed by atoms with Crippen molar-refractivity contribution in [1.29, 1.82) is 0 Å². The van der Waals surface area contributed by atoms with Crippen LogP contribution in [0.4, 0.5) is 8.78 Å². The van der Waals surface area contributed by atoms with Gasteiger partial charge < -0.3 is 27.5 Å². The lowest BCUT2D eigenvalue weighted by molar-refractivity contribution is 0.416. The van der Waals surface area contributed by atoms with Crippen molar-refractivity contribution < 1.29 is 36.3 Å². The zero-order chi connectivity index (χ0) is 38.4. The van der Waals surface area contributed by atoms with E-state index in [9.17, 15) is 13.9 Å². The Labute approximate surface area is 321 Å². The molecule has 0 radical (unpaired) electrons. The van der Waals surface area contributed by atoms with Gasteiger partial charge in [-0.15, -0.1) is 0 Å². The summed E-state index contributed by atoms with van der Waals surface area (Å²) in [6, 6.07) is 43.7. The molecule has 57 heavy (non-hydrogen) atoms. The van der Waals surface area contributed by atoms with Crippen molar-refractivity contribution >= 4 is 87.8 Å². The second-order valence-electron chi connectivity index (χ2n) is 13.9. The molecule has 0 fully saturated rings. The first-order valence-corrected chi connectivity index (χ1v) is 18.3. The minimum Gasteiger partial charge on any atom is -0.507 e. The predicted octanol–water partition coefficient (Wildman–Crippen LogP) is 14.3. The van der Waals surface area contributed by atoms with E-state index in [2.05, 4.69) is 0 Å². The standard InChI is InChI=1S/C25H15FO3.C24H13FO3/c1-27-22-12-10-17-15-5-2-3-8-20(15)29-25(17)23(22)18-7-4-6-16-19-13-14(26)9-11-21(19)28-24(16)18;25-13-8-11-21-18(12-13)15-5-3-6-17(23(15)27-21)22-19(26)10-9-16-14-4-1-2-7-20(14)28-24(16)22/h2-13H,1H3;1-12,26H. The third-order valence-electron chi connectivity index (χ3n) is 10.7. The summed E-state index contributed by atoms with van der Waals surface area (Å²) in [5.41, 5.74) is 8.36. The lowest BCUT2D eigenvalue weighted by atomic mass is 9.99. The third-order valence-corrected chi connectivity index (χ3v) is 10.7. The number of halogens is 2. The van der Waals surface area contributed by atoms with Gasteiger partial charge in [-0.05, 0) is 72.8 Å². The van der Waals surface area contributed by atoms with Crippen LogP contribution in [0.15, 0.2) is 163 Å². The van der Waals surface area contributed by atoms with Crippen LogP contribution in [0, 0.1) is 11.6 Å². The van der Waals surface area contributed by atoms with E-state index in [1.807, 2.05) is 103 Å². The number of phenolic OH excluding ortho intramolecular Hbond substituents is 1. The van der Waals surface area contributed by atoms with Crippen molar-refractivity contribution in [2.24, 2.45) is 0 Å². The molecule has 8 aromatic carbocycles. The topological polar surface area (TPSA) is 82.0 Å². The number of rotatable bonds is 3. The van der Waals surface area contributed by atoms with Crippen LogP contribution in [0.2, 0.25) is 0 Å². The first-order valence-electron chi connectivity index (χ1n) is 18.3. The van der Waals surface area contributed by atoms with E-state index in [0.29, 0.717) is 50.2 Å². The van der Waals surface area contributed by atoms with Gasteiger partial charge in [0.05, 0.1) is 18.2 Å². The molecule has 0 aliphatic carbocycles. The summed E-state index contributed by atoms with van der Waals surface area (Å²) in [7, 11) is 1.64. The van der Waals surface area contributed by atoms with E-state index in [0.717, 1.165) is 65.6 Å². The van der Waals surface area contributed by atoms with Crippen molar-refractivity contribution in [1.82, 2.24) is 0 Å². The lowest BCUT2D eigenvalue weighted by Gasteiger charge is -2.10. The number of phenols is 1. The van der Waals surface area contributed by atoms with E-state index >= 15 is 0 Å². The average molecular weight is 751 g/mol. The minimum atomic E-state index is -0.317. The molecule has 6 nitrogen and oxygen atoms in total. The SMILES string of the molecule is COc1ccc2c(oc3ccccc32)c1-c1cccc2c1oc1ccc(F)cc12.Oc1ccc2c(oc3ccccc32)c1-c1cccc2c1oc1ccc(F)cc12. The van der Waals surface area contributed by atoms with Crippen LogP contribution in [0.5, 0.6) is 11.5 Å². The van der Waals surface area contributed by atoms with E-state index in [4.69, 9.17) is 22.4 Å². The monoisotopic (exact) mass is 750 g/mol. The number of para-hydroxylation sites is 4. The van der Waals surface area contributed by atoms with Gasteiger partial charge in [0.15, 0.2) is 0 Å². The second kappa shape index (κ2) is 12.5. The number of methoxy groups -OCH3 is 1. The van der Waals surface area contributed by atoms with Crippen molar-refractivity contribution in [2.45, 2.75) is 0 Å². The molecule has 0 saturated heterocycles. The third kappa shape index (κ3) is 5.00. The van der Waals surface area contributed by atoms with Gasteiger partial charge in [0.2, 0.25) is 0 Å². The number of furan rings is 4. The Morgan fingerprint density at radius 2 is 0.842 bits per heavy atom. The van der Waals surface area contributed by atoms with Crippen LogP contribution in [0.1, 0.15) is 0 Å². The van der Waals surface area contributed by atoms with E-state index in [-0.39, 0.29) is 17.4 Å². The first kappa shape index (κ1) is 32.8. The molecule has 0 aliphatic heterocycles. The Hall–Kier alpha value is -7.58. The number of fused-ring (bicyclic) bond motifs is 12. The minimum absolute atomic E-state index is 0.102. The Bertz CT molecular complexity index is 3570. The molecular formula is C49H28F2O6. The molecule has 1 N–H and O–H groups in total. The summed E-state index contributed by atoms with van der Waals surface area (Å²) < 4.78 is 57.8. The van der Waals surface area contributed by atoms with Crippen molar-refractivity contribution in [3.05, 3.63) is 157 Å². The molecule has 0 aliphatic rings. The molecule has 0 unspecified atom stereocenters. The summed E-state index contributed by atoms with van der Waals surface area (Å²) >= 11 is 0. The van der Waals surface area contributed by atoms with E-state index in [1.54, 1.807) is 25.3 Å². The molecule has 0 spiro atoms. The normalized spacial score (nSPS) is 11.8. The van der Waals surface area contributed by atoms with Gasteiger partial charge in [-0.25, -0.2) is 8.78 Å². The van der Waals surface area contributed by atoms with Gasteiger partial charge in [0.1, 0.15) is 67.8 Å². The summed E-state index contributed by atoms with van der Waals surface area (Å²) in [6.07, 6.45) is 0. The number of ether oxygens (including phenoxy) is 1. The highest BCUT2D eigenvalue weighted by Crippen LogP contribution is 2.47. The molecule has 0 amide bonds. The van der Waals surface area contributed by atoms with Gasteiger partial charge in [0, 0.05) is 54.2 Å². The van der Waals surface area contributed by atoms with Gasteiger partial charge in [-0.3, -0.25) is 0 Å². The largest absolute Gasteiger partial charge is 0.507 e. The smallest absolute Gasteiger partial charge is 0.147 e. The van der Waals surface area contributed by atoms with Gasteiger partial charge >= 0.3 is 0 Å². The molecule has 8 heteroatoms. The molecule has 4 aromatic heterocycles. The summed E-state index contributed by atoms with van der Waals surface area (Å²) in [4.78, 5) is 0. The highest BCUT2D eigenvalue weighted by atomic mass is 19.1. The maximum atomic E-state index is 13.8. The number of hydrogen-bond donors (Lipinski definition) is 1. The van der Waals surface area contributed by atoms with Crippen LogP contribution in [0.25, 0.3) is 110 Å². The average Bonchev–Trinajstić information content (AvgIpc) is 4.00. The van der Waals surface area contributed by atoms with E-state index < -0.39 is 0 Å². The maximum Gasteiger partial charge on any atom is 0.147 e. The van der Waals surface area contributed by atoms with E-state index in [1.165, 1.54) is 24.3 Å². The lowest BCUT2D eigenvalue weighted by Crippen LogP contribution is -1.89. The first-order chi connectivity index (χ1) is 27.9. The van der Waals surface area contributed by atoms with Crippen LogP contribution >= 0.6 is 0 Å². The maximum absolute atomic E-state index is 13.8. The zero-order valence-electron chi connectivity index (χ0n) is 30.1. The molecule has 4 heterocycles. The summed E-state index contributed by atoms with van der Waals surface area (Å²) in [6.45, 7) is 0. The molecule has 0 bridgehead atoms. The Morgan fingerprint density at radius 1 is 0.404 bits per heavy atom. The van der Waals surface area contributed by atoms with Gasteiger partial charge in [-0.2, -0.15) is 0 Å². The zero-order valence-corrected chi connectivity index (χ0v) is 30.1. The van der Waals surface area contributed by atoms with Crippen LogP contribution in [-0.4, -0.2) is 12.2 Å². The fourth-order valence-electron chi connectivity index (χ4n) is 8.17. The quantitative estimate of drug-likeness (QED) is 0.194. The van der Waals surface area contributed by atoms with Crippen molar-refractivity contribution in [3.63, 3.8) is 0 Å². The highest BCUT2D eigenvalue weighted by Gasteiger charge is 2.23. The molecule has 274 valence electrons. The number of hydrogen-bond acceptors (Lipinski definition) is 6.